The molecule has 3 atom stereocenters. The summed E-state index contributed by atoms with van der Waals surface area (Å²) in [4.78, 5) is 27.9. The number of amides is 1. The molecule has 2 aromatic rings. The fourth-order valence-corrected chi connectivity index (χ4v) is 6.42. The largest absolute Gasteiger partial charge is 0.456 e. The van der Waals surface area contributed by atoms with Gasteiger partial charge in [0.2, 0.25) is 5.91 Å². The van der Waals surface area contributed by atoms with Crippen molar-refractivity contribution in [3.63, 3.8) is 0 Å². The first-order valence-electron chi connectivity index (χ1n) is 10.7. The molecule has 1 amide bonds. The minimum atomic E-state index is -4.00. The number of carbonyl (C=O) groups excluding carboxylic acids is 2. The molecule has 33 heavy (non-hydrogen) atoms. The van der Waals surface area contributed by atoms with Crippen LogP contribution in [-0.2, 0) is 34.0 Å². The highest BCUT2D eigenvalue weighted by atomic mass is 32.2. The van der Waals surface area contributed by atoms with Crippen LogP contribution in [0.1, 0.15) is 36.8 Å². The Morgan fingerprint density at radius 1 is 1.18 bits per heavy atom. The van der Waals surface area contributed by atoms with Crippen LogP contribution >= 0.6 is 0 Å². The zero-order chi connectivity index (χ0) is 23.4. The molecule has 0 saturated carbocycles. The lowest BCUT2D eigenvalue weighted by Crippen LogP contribution is -2.60. The molecule has 2 saturated heterocycles. The van der Waals surface area contributed by atoms with Gasteiger partial charge >= 0.3 is 5.97 Å². The predicted octanol–water partition coefficient (Wildman–Crippen LogP) is 2.75. The van der Waals surface area contributed by atoms with Gasteiger partial charge in [0.15, 0.2) is 0 Å². The highest BCUT2D eigenvalue weighted by molar-refractivity contribution is 7.86. The van der Waals surface area contributed by atoms with Crippen LogP contribution in [0, 0.1) is 18.3 Å². The van der Waals surface area contributed by atoms with Crippen molar-refractivity contribution >= 4 is 27.7 Å². The van der Waals surface area contributed by atoms with Gasteiger partial charge < -0.3 is 9.64 Å². The third-order valence-electron chi connectivity index (χ3n) is 6.99. The number of hydrogen-bond donors (Lipinski definition) is 0. The fourth-order valence-electron chi connectivity index (χ4n) is 5.51. The van der Waals surface area contributed by atoms with Crippen LogP contribution in [0.3, 0.4) is 0 Å². The van der Waals surface area contributed by atoms with E-state index in [9.17, 15) is 23.3 Å². The van der Waals surface area contributed by atoms with Crippen molar-refractivity contribution in [2.45, 2.75) is 54.6 Å². The van der Waals surface area contributed by atoms with E-state index < -0.39 is 33.1 Å². The summed E-state index contributed by atoms with van der Waals surface area (Å²) >= 11 is 0. The summed E-state index contributed by atoms with van der Waals surface area (Å²) in [7, 11) is -4.00. The van der Waals surface area contributed by atoms with Crippen molar-refractivity contribution in [2.24, 2.45) is 0 Å². The van der Waals surface area contributed by atoms with Crippen LogP contribution in [0.15, 0.2) is 53.4 Å². The number of piperidine rings is 1. The van der Waals surface area contributed by atoms with Crippen LogP contribution in [0.5, 0.6) is 0 Å². The van der Waals surface area contributed by atoms with Crippen LogP contribution in [-0.4, -0.2) is 38.5 Å². The van der Waals surface area contributed by atoms with Crippen LogP contribution in [0.2, 0.25) is 0 Å². The molecule has 1 unspecified atom stereocenters. The van der Waals surface area contributed by atoms with E-state index in [1.165, 1.54) is 12.1 Å². The van der Waals surface area contributed by atoms with Gasteiger partial charge in [0.05, 0.1) is 30.0 Å². The number of aryl methyl sites for hydroxylation is 1. The molecule has 0 N–H and O–H groups in total. The molecule has 3 aliphatic rings. The fraction of sp³-hybridized carbons (Fsp3) is 0.375. The minimum absolute atomic E-state index is 0.0431. The van der Waals surface area contributed by atoms with Crippen LogP contribution in [0.25, 0.3) is 0 Å². The summed E-state index contributed by atoms with van der Waals surface area (Å²) < 4.78 is 36.5. The van der Waals surface area contributed by atoms with Gasteiger partial charge in [-0.3, -0.25) is 13.8 Å². The Balaban J connectivity index is 1.48. The normalized spacial score (nSPS) is 27.6. The van der Waals surface area contributed by atoms with Gasteiger partial charge in [-0.25, -0.2) is 0 Å². The number of para-hydroxylation sites is 1. The molecular weight excluding hydrogens is 444 g/mol. The number of benzene rings is 2. The highest BCUT2D eigenvalue weighted by Crippen LogP contribution is 2.60. The Morgan fingerprint density at radius 2 is 1.91 bits per heavy atom. The quantitative estimate of drug-likeness (QED) is 0.475. The third-order valence-corrected chi connectivity index (χ3v) is 8.32. The number of ether oxygens (including phenoxy) is 1. The minimum Gasteiger partial charge on any atom is -0.456 e. The van der Waals surface area contributed by atoms with Crippen LogP contribution < -0.4 is 4.90 Å². The van der Waals surface area contributed by atoms with E-state index in [0.717, 1.165) is 5.56 Å². The van der Waals surface area contributed by atoms with Gasteiger partial charge in [0, 0.05) is 18.5 Å². The predicted molar refractivity (Wildman–Crippen MR) is 117 cm³/mol. The standard InChI is InChI=1S/C24H22N2O6S/c1-16-6-8-17(9-7-16)33(29,30)31-15-13-23-11-10-20(27)26-19-5-3-2-4-18(19)24(12-14-25,21(23)26)22(28)32-23/h2-9,21H,10-13,15H2,1H3/t21?,23-,24+/m1/s1. The number of anilines is 1. The first kappa shape index (κ1) is 21.6. The maximum absolute atomic E-state index is 13.3. The Bertz CT molecular complexity index is 1300. The lowest BCUT2D eigenvalue weighted by molar-refractivity contribution is -0.155. The molecule has 3 heterocycles. The van der Waals surface area contributed by atoms with Gasteiger partial charge in [-0.05, 0) is 37.1 Å². The number of hydrogen-bond acceptors (Lipinski definition) is 7. The second-order valence-electron chi connectivity index (χ2n) is 8.78. The Morgan fingerprint density at radius 3 is 2.64 bits per heavy atom. The summed E-state index contributed by atoms with van der Waals surface area (Å²) in [5.41, 5.74) is -0.295. The number of rotatable bonds is 6. The van der Waals surface area contributed by atoms with Crippen molar-refractivity contribution in [3.05, 3.63) is 59.7 Å². The molecule has 9 heteroatoms. The highest BCUT2D eigenvalue weighted by Gasteiger charge is 2.73. The lowest BCUT2D eigenvalue weighted by atomic mass is 9.68. The third kappa shape index (κ3) is 3.01. The van der Waals surface area contributed by atoms with Gasteiger partial charge in [0.1, 0.15) is 11.0 Å². The molecule has 0 aliphatic carbocycles. The van der Waals surface area contributed by atoms with Crippen molar-refractivity contribution in [1.29, 1.82) is 5.26 Å². The maximum Gasteiger partial charge on any atom is 0.320 e. The summed E-state index contributed by atoms with van der Waals surface area (Å²) in [5, 5.41) is 9.59. The van der Waals surface area contributed by atoms with Gasteiger partial charge in [0.25, 0.3) is 10.1 Å². The number of carbonyl (C=O) groups is 2. The molecule has 2 aromatic carbocycles. The van der Waals surface area contributed by atoms with Crippen molar-refractivity contribution in [3.8, 4) is 6.07 Å². The molecule has 5 rings (SSSR count). The van der Waals surface area contributed by atoms with E-state index >= 15 is 0 Å². The number of nitriles is 1. The molecular formula is C24H22N2O6S. The second kappa shape index (κ2) is 7.40. The Hall–Kier alpha value is -3.22. The molecule has 3 aliphatic heterocycles. The smallest absolute Gasteiger partial charge is 0.320 e. The molecule has 0 bridgehead atoms. The molecule has 0 spiro atoms. The summed E-state index contributed by atoms with van der Waals surface area (Å²) in [6.45, 7) is 1.63. The van der Waals surface area contributed by atoms with Crippen molar-refractivity contribution < 1.29 is 26.9 Å². The van der Waals surface area contributed by atoms with E-state index in [0.29, 0.717) is 11.3 Å². The van der Waals surface area contributed by atoms with E-state index in [-0.39, 0.29) is 43.1 Å². The molecule has 170 valence electrons. The number of fused-ring (bicyclic) bond motifs is 3. The lowest BCUT2D eigenvalue weighted by Gasteiger charge is -2.43. The van der Waals surface area contributed by atoms with Crippen molar-refractivity contribution in [1.82, 2.24) is 0 Å². The first-order chi connectivity index (χ1) is 15.7. The van der Waals surface area contributed by atoms with Gasteiger partial charge in [-0.1, -0.05) is 35.9 Å². The zero-order valence-electron chi connectivity index (χ0n) is 18.0. The summed E-state index contributed by atoms with van der Waals surface area (Å²) in [6.07, 6.45) is 0.334. The van der Waals surface area contributed by atoms with E-state index in [1.54, 1.807) is 41.3 Å². The monoisotopic (exact) mass is 466 g/mol. The Kier molecular flexibility index (Phi) is 4.85. The summed E-state index contributed by atoms with van der Waals surface area (Å²) in [5.74, 6) is -0.700. The topological polar surface area (TPSA) is 114 Å². The SMILES string of the molecule is Cc1ccc(S(=O)(=O)OCC[C@@]23CCC(=O)N4c5ccccc5[C@](CC#N)(C(=O)O2)C43)cc1. The van der Waals surface area contributed by atoms with Gasteiger partial charge in [-0.2, -0.15) is 13.7 Å². The average molecular weight is 467 g/mol. The summed E-state index contributed by atoms with van der Waals surface area (Å²) in [6, 6.07) is 14.8. The molecule has 8 nitrogen and oxygen atoms in total. The van der Waals surface area contributed by atoms with E-state index in [1.807, 2.05) is 6.92 Å². The molecule has 0 aromatic heterocycles. The number of esters is 1. The molecule has 2 fully saturated rings. The average Bonchev–Trinajstić information content (AvgIpc) is 3.22. The zero-order valence-corrected chi connectivity index (χ0v) is 18.8. The van der Waals surface area contributed by atoms with E-state index in [4.69, 9.17) is 8.92 Å². The molecule has 0 radical (unpaired) electrons. The van der Waals surface area contributed by atoms with Gasteiger partial charge in [-0.15, -0.1) is 0 Å². The van der Waals surface area contributed by atoms with Crippen molar-refractivity contribution in [2.75, 3.05) is 11.5 Å². The number of nitrogens with zero attached hydrogens (tertiary/aromatic N) is 2. The Labute approximate surface area is 191 Å². The van der Waals surface area contributed by atoms with E-state index in [2.05, 4.69) is 6.07 Å². The maximum atomic E-state index is 13.3. The first-order valence-corrected chi connectivity index (χ1v) is 12.1. The second-order valence-corrected chi connectivity index (χ2v) is 10.4. The van der Waals surface area contributed by atoms with Crippen LogP contribution in [0.4, 0.5) is 5.69 Å².